The molecule has 0 heterocycles. The highest BCUT2D eigenvalue weighted by atomic mass is 16.5. The van der Waals surface area contributed by atoms with Crippen LogP contribution in [0.5, 0.6) is 5.75 Å². The lowest BCUT2D eigenvalue weighted by atomic mass is 10.1. The molecule has 1 rings (SSSR count). The van der Waals surface area contributed by atoms with Crippen LogP contribution in [-0.2, 0) is 4.79 Å². The molecule has 0 fully saturated rings. The number of benzene rings is 1. The first kappa shape index (κ1) is 14.1. The van der Waals surface area contributed by atoms with Gasteiger partial charge in [-0.05, 0) is 31.5 Å². The number of carboxylic acids is 1. The first-order valence-corrected chi connectivity index (χ1v) is 5.71. The summed E-state index contributed by atoms with van der Waals surface area (Å²) in [5, 5.41) is 11.9. The van der Waals surface area contributed by atoms with Crippen molar-refractivity contribution in [1.82, 2.24) is 5.32 Å². The van der Waals surface area contributed by atoms with Gasteiger partial charge >= 0.3 is 5.97 Å². The summed E-state index contributed by atoms with van der Waals surface area (Å²) in [6.45, 7) is 4.08. The Kier molecular flexibility index (Phi) is 5.22. The molecular weight excluding hydrogens is 230 g/mol. The van der Waals surface area contributed by atoms with Gasteiger partial charge in [-0.3, -0.25) is 10.1 Å². The number of aliphatic carboxylic acids is 1. The summed E-state index contributed by atoms with van der Waals surface area (Å²) in [7, 11) is 0. The maximum Gasteiger partial charge on any atom is 0.325 e. The molecule has 0 bridgehead atoms. The second kappa shape index (κ2) is 6.67. The van der Waals surface area contributed by atoms with E-state index in [1.54, 1.807) is 24.3 Å². The number of hydrogen-bond acceptors (Lipinski definition) is 3. The van der Waals surface area contributed by atoms with Crippen molar-refractivity contribution < 1.29 is 14.6 Å². The van der Waals surface area contributed by atoms with Gasteiger partial charge in [0.05, 0.1) is 12.6 Å². The predicted molar refractivity (Wildman–Crippen MR) is 69.4 cm³/mol. The molecule has 0 aromatic heterocycles. The number of rotatable bonds is 6. The van der Waals surface area contributed by atoms with Crippen molar-refractivity contribution in [2.45, 2.75) is 26.0 Å². The zero-order valence-corrected chi connectivity index (χ0v) is 10.5. The fraction of sp³-hybridized carbons (Fsp3) is 0.357. The maximum atomic E-state index is 11.1. The van der Waals surface area contributed by atoms with Crippen molar-refractivity contribution in [1.29, 1.82) is 0 Å². The van der Waals surface area contributed by atoms with E-state index in [1.165, 1.54) is 0 Å². The molecule has 0 spiro atoms. The number of hydrogen-bond donors (Lipinski definition) is 2. The molecule has 0 aliphatic carbocycles. The molecule has 1 aromatic carbocycles. The van der Waals surface area contributed by atoms with E-state index in [-0.39, 0.29) is 12.6 Å². The normalized spacial score (nSPS) is 11.9. The van der Waals surface area contributed by atoms with Crippen LogP contribution in [0.15, 0.2) is 24.3 Å². The summed E-state index contributed by atoms with van der Waals surface area (Å²) in [6, 6.07) is 6.15. The number of nitrogens with one attached hydrogen (secondary N) is 1. The standard InChI is InChI=1S/C14H17NO3/c1-4-9-15-13(14(16)17)11-5-7-12(8-6-11)18-10(2)3/h1,5-8,10,13,15H,9H2,2-3H3,(H,16,17). The molecule has 0 radical (unpaired) electrons. The van der Waals surface area contributed by atoms with Gasteiger partial charge in [0.2, 0.25) is 0 Å². The molecular formula is C14H17NO3. The lowest BCUT2D eigenvalue weighted by molar-refractivity contribution is -0.139. The van der Waals surface area contributed by atoms with Crippen LogP contribution in [0.2, 0.25) is 0 Å². The van der Waals surface area contributed by atoms with E-state index in [2.05, 4.69) is 11.2 Å². The lowest BCUT2D eigenvalue weighted by Crippen LogP contribution is -2.28. The van der Waals surface area contributed by atoms with Crippen molar-refractivity contribution in [2.75, 3.05) is 6.54 Å². The van der Waals surface area contributed by atoms with Gasteiger partial charge in [0.1, 0.15) is 11.8 Å². The molecule has 0 aliphatic rings. The van der Waals surface area contributed by atoms with E-state index in [0.717, 1.165) is 5.75 Å². The van der Waals surface area contributed by atoms with E-state index in [9.17, 15) is 4.79 Å². The van der Waals surface area contributed by atoms with E-state index in [1.807, 2.05) is 13.8 Å². The van der Waals surface area contributed by atoms with Crippen LogP contribution in [-0.4, -0.2) is 23.7 Å². The summed E-state index contributed by atoms with van der Waals surface area (Å²) in [5.74, 6) is 2.12. The van der Waals surface area contributed by atoms with Crippen LogP contribution in [0, 0.1) is 12.3 Å². The largest absolute Gasteiger partial charge is 0.491 e. The second-order valence-electron chi connectivity index (χ2n) is 4.09. The molecule has 4 heteroatoms. The lowest BCUT2D eigenvalue weighted by Gasteiger charge is -2.14. The Bertz CT molecular complexity index is 431. The third kappa shape index (κ3) is 4.11. The summed E-state index contributed by atoms with van der Waals surface area (Å²) in [5.41, 5.74) is 0.647. The molecule has 2 N–H and O–H groups in total. The smallest absolute Gasteiger partial charge is 0.325 e. The summed E-state index contributed by atoms with van der Waals surface area (Å²) >= 11 is 0. The summed E-state index contributed by atoms with van der Waals surface area (Å²) in [4.78, 5) is 11.1. The zero-order chi connectivity index (χ0) is 13.5. The molecule has 1 aromatic rings. The van der Waals surface area contributed by atoms with Crippen molar-refractivity contribution in [3.05, 3.63) is 29.8 Å². The second-order valence-corrected chi connectivity index (χ2v) is 4.09. The molecule has 0 amide bonds. The van der Waals surface area contributed by atoms with Crippen LogP contribution in [0.3, 0.4) is 0 Å². The van der Waals surface area contributed by atoms with Crippen molar-refractivity contribution in [3.63, 3.8) is 0 Å². The molecule has 0 saturated heterocycles. The van der Waals surface area contributed by atoms with Gasteiger partial charge in [-0.15, -0.1) is 6.42 Å². The van der Waals surface area contributed by atoms with Crippen LogP contribution < -0.4 is 10.1 Å². The highest BCUT2D eigenvalue weighted by molar-refractivity contribution is 5.75. The van der Waals surface area contributed by atoms with Gasteiger partial charge in [-0.25, -0.2) is 0 Å². The number of terminal acetylenes is 1. The Hall–Kier alpha value is -1.99. The zero-order valence-electron chi connectivity index (χ0n) is 10.5. The Morgan fingerprint density at radius 3 is 2.50 bits per heavy atom. The summed E-state index contributed by atoms with van der Waals surface area (Å²) < 4.78 is 5.49. The van der Waals surface area contributed by atoms with E-state index in [4.69, 9.17) is 16.3 Å². The molecule has 1 atom stereocenters. The minimum Gasteiger partial charge on any atom is -0.491 e. The average Bonchev–Trinajstić information content (AvgIpc) is 2.30. The minimum absolute atomic E-state index is 0.0886. The van der Waals surface area contributed by atoms with Crippen LogP contribution >= 0.6 is 0 Å². The topological polar surface area (TPSA) is 58.6 Å². The SMILES string of the molecule is C#CCNC(C(=O)O)c1ccc(OC(C)C)cc1. The van der Waals surface area contributed by atoms with E-state index >= 15 is 0 Å². The Balaban J connectivity index is 2.80. The fourth-order valence-electron chi connectivity index (χ4n) is 1.52. The van der Waals surface area contributed by atoms with E-state index in [0.29, 0.717) is 5.56 Å². The summed E-state index contributed by atoms with van der Waals surface area (Å²) in [6.07, 6.45) is 5.20. The van der Waals surface area contributed by atoms with E-state index < -0.39 is 12.0 Å². The molecule has 96 valence electrons. The van der Waals surface area contributed by atoms with Crippen LogP contribution in [0.1, 0.15) is 25.5 Å². The number of ether oxygens (including phenoxy) is 1. The Labute approximate surface area is 107 Å². The van der Waals surface area contributed by atoms with Gasteiger partial charge in [0.15, 0.2) is 0 Å². The Morgan fingerprint density at radius 2 is 2.06 bits per heavy atom. The van der Waals surface area contributed by atoms with Gasteiger partial charge in [0, 0.05) is 0 Å². The van der Waals surface area contributed by atoms with Crippen LogP contribution in [0.25, 0.3) is 0 Å². The van der Waals surface area contributed by atoms with Gasteiger partial charge in [-0.2, -0.15) is 0 Å². The highest BCUT2D eigenvalue weighted by Gasteiger charge is 2.18. The average molecular weight is 247 g/mol. The fourth-order valence-corrected chi connectivity index (χ4v) is 1.52. The first-order chi connectivity index (χ1) is 8.54. The van der Waals surface area contributed by atoms with Crippen molar-refractivity contribution >= 4 is 5.97 Å². The highest BCUT2D eigenvalue weighted by Crippen LogP contribution is 2.19. The molecule has 18 heavy (non-hydrogen) atoms. The van der Waals surface area contributed by atoms with Gasteiger partial charge in [-0.1, -0.05) is 18.1 Å². The number of carboxylic acid groups (broad SMARTS) is 1. The van der Waals surface area contributed by atoms with Crippen LogP contribution in [0.4, 0.5) is 0 Å². The van der Waals surface area contributed by atoms with Crippen molar-refractivity contribution in [3.8, 4) is 18.1 Å². The monoisotopic (exact) mass is 247 g/mol. The third-order valence-electron chi connectivity index (χ3n) is 2.24. The van der Waals surface area contributed by atoms with Gasteiger partial charge < -0.3 is 9.84 Å². The first-order valence-electron chi connectivity index (χ1n) is 5.71. The van der Waals surface area contributed by atoms with Crippen molar-refractivity contribution in [2.24, 2.45) is 0 Å². The number of carbonyl (C=O) groups is 1. The van der Waals surface area contributed by atoms with Gasteiger partial charge in [0.25, 0.3) is 0 Å². The third-order valence-corrected chi connectivity index (χ3v) is 2.24. The predicted octanol–water partition coefficient (Wildman–Crippen LogP) is 1.82. The molecule has 0 aliphatic heterocycles. The molecule has 4 nitrogen and oxygen atoms in total. The molecule has 1 unspecified atom stereocenters. The quantitative estimate of drug-likeness (QED) is 0.753. The minimum atomic E-state index is -0.956. The molecule has 0 saturated carbocycles. The Morgan fingerprint density at radius 1 is 1.44 bits per heavy atom. The maximum absolute atomic E-state index is 11.1.